The summed E-state index contributed by atoms with van der Waals surface area (Å²) in [4.78, 5) is 3.96. The van der Waals surface area contributed by atoms with Crippen LogP contribution in [0.25, 0.3) is 0 Å². The largest absolute Gasteiger partial charge is 0.314 e. The highest BCUT2D eigenvalue weighted by molar-refractivity contribution is 6.31. The molecule has 2 rings (SSSR count). The number of pyridine rings is 1. The van der Waals surface area contributed by atoms with Crippen LogP contribution >= 0.6 is 11.6 Å². The Morgan fingerprint density at radius 3 is 2.67 bits per heavy atom. The highest BCUT2D eigenvalue weighted by atomic mass is 35.5. The van der Waals surface area contributed by atoms with Crippen LogP contribution in [-0.4, -0.2) is 17.6 Å². The van der Waals surface area contributed by atoms with Gasteiger partial charge < -0.3 is 5.32 Å². The molecule has 0 aliphatic rings. The van der Waals surface area contributed by atoms with E-state index < -0.39 is 11.6 Å². The van der Waals surface area contributed by atoms with Crippen molar-refractivity contribution in [3.8, 4) is 0 Å². The van der Waals surface area contributed by atoms with Gasteiger partial charge in [-0.1, -0.05) is 24.6 Å². The molecule has 0 radical (unpaired) electrons. The van der Waals surface area contributed by atoms with E-state index in [1.807, 2.05) is 13.0 Å². The molecule has 0 bridgehead atoms. The number of hydrogen-bond donors (Lipinski definition) is 1. The minimum Gasteiger partial charge on any atom is -0.314 e. The van der Waals surface area contributed by atoms with E-state index in [0.29, 0.717) is 17.9 Å². The molecule has 0 aliphatic carbocycles. The van der Waals surface area contributed by atoms with Crippen molar-refractivity contribution in [1.29, 1.82) is 0 Å². The van der Waals surface area contributed by atoms with Gasteiger partial charge in [0.1, 0.15) is 0 Å². The quantitative estimate of drug-likeness (QED) is 0.878. The van der Waals surface area contributed by atoms with E-state index in [0.717, 1.165) is 23.7 Å². The minimum absolute atomic E-state index is 0.0970. The van der Waals surface area contributed by atoms with Crippen molar-refractivity contribution in [3.63, 3.8) is 0 Å². The fourth-order valence-electron chi connectivity index (χ4n) is 2.29. The topological polar surface area (TPSA) is 24.9 Å². The maximum Gasteiger partial charge on any atom is 0.159 e. The fourth-order valence-corrected chi connectivity index (χ4v) is 2.49. The second-order valence-electron chi connectivity index (χ2n) is 4.88. The van der Waals surface area contributed by atoms with E-state index in [1.54, 1.807) is 18.5 Å². The molecule has 1 unspecified atom stereocenters. The van der Waals surface area contributed by atoms with Gasteiger partial charge in [-0.2, -0.15) is 0 Å². The van der Waals surface area contributed by atoms with Crippen molar-refractivity contribution < 1.29 is 8.78 Å². The van der Waals surface area contributed by atoms with Gasteiger partial charge in [-0.3, -0.25) is 4.98 Å². The van der Waals surface area contributed by atoms with Crippen LogP contribution in [0.1, 0.15) is 18.1 Å². The third-order valence-electron chi connectivity index (χ3n) is 3.28. The van der Waals surface area contributed by atoms with Gasteiger partial charge in [-0.15, -0.1) is 0 Å². The second-order valence-corrected chi connectivity index (χ2v) is 5.29. The van der Waals surface area contributed by atoms with Gasteiger partial charge in [-0.05, 0) is 48.7 Å². The third-order valence-corrected chi connectivity index (χ3v) is 3.62. The fraction of sp³-hybridized carbons (Fsp3) is 0.312. The highest BCUT2D eigenvalue weighted by Crippen LogP contribution is 2.18. The Labute approximate surface area is 128 Å². The Balaban J connectivity index is 2.11. The van der Waals surface area contributed by atoms with Crippen molar-refractivity contribution >= 4 is 11.6 Å². The average Bonchev–Trinajstić information content (AvgIpc) is 2.46. The van der Waals surface area contributed by atoms with Gasteiger partial charge in [0.15, 0.2) is 11.6 Å². The highest BCUT2D eigenvalue weighted by Gasteiger charge is 2.13. The summed E-state index contributed by atoms with van der Waals surface area (Å²) < 4.78 is 26.3. The van der Waals surface area contributed by atoms with Gasteiger partial charge >= 0.3 is 0 Å². The second kappa shape index (κ2) is 7.48. The minimum atomic E-state index is -0.823. The molecule has 1 aromatic carbocycles. The van der Waals surface area contributed by atoms with Gasteiger partial charge in [0.25, 0.3) is 0 Å². The zero-order valence-electron chi connectivity index (χ0n) is 11.7. The molecule has 112 valence electrons. The summed E-state index contributed by atoms with van der Waals surface area (Å²) in [6.45, 7) is 2.80. The predicted molar refractivity (Wildman–Crippen MR) is 80.5 cm³/mol. The zero-order chi connectivity index (χ0) is 15.2. The number of nitrogens with one attached hydrogen (secondary N) is 1. The van der Waals surface area contributed by atoms with Crippen molar-refractivity contribution in [2.24, 2.45) is 0 Å². The molecule has 21 heavy (non-hydrogen) atoms. The SMILES string of the molecule is CCNC(Cc1ccc(F)c(F)c1)Cc1ccncc1Cl. The standard InChI is InChI=1S/C16H17ClF2N2/c1-2-21-13(9-12-5-6-20-10-14(12)17)7-11-3-4-15(18)16(19)8-11/h3-6,8,10,13,21H,2,7,9H2,1H3. The smallest absolute Gasteiger partial charge is 0.159 e. The number of rotatable bonds is 6. The maximum atomic E-state index is 13.3. The van der Waals surface area contributed by atoms with Crippen LogP contribution in [0.5, 0.6) is 0 Å². The van der Waals surface area contributed by atoms with Gasteiger partial charge in [0.2, 0.25) is 0 Å². The first-order valence-corrected chi connectivity index (χ1v) is 7.23. The van der Waals surface area contributed by atoms with E-state index in [9.17, 15) is 8.78 Å². The lowest BCUT2D eigenvalue weighted by Crippen LogP contribution is -2.33. The van der Waals surface area contributed by atoms with E-state index in [4.69, 9.17) is 11.6 Å². The number of nitrogens with zero attached hydrogens (tertiary/aromatic N) is 1. The van der Waals surface area contributed by atoms with Crippen LogP contribution in [-0.2, 0) is 12.8 Å². The number of aromatic nitrogens is 1. The first-order chi connectivity index (χ1) is 10.1. The normalized spacial score (nSPS) is 12.4. The van der Waals surface area contributed by atoms with E-state index in [1.165, 1.54) is 6.07 Å². The van der Waals surface area contributed by atoms with Crippen LogP contribution in [0.2, 0.25) is 5.02 Å². The summed E-state index contributed by atoms with van der Waals surface area (Å²) in [6.07, 6.45) is 4.61. The van der Waals surface area contributed by atoms with Crippen molar-refractivity contribution in [2.75, 3.05) is 6.54 Å². The number of halogens is 3. The summed E-state index contributed by atoms with van der Waals surface area (Å²) in [7, 11) is 0. The maximum absolute atomic E-state index is 13.3. The molecule has 0 amide bonds. The molecule has 1 aromatic heterocycles. The van der Waals surface area contributed by atoms with Gasteiger partial charge in [0.05, 0.1) is 5.02 Å². The van der Waals surface area contributed by atoms with Crippen LogP contribution in [0.15, 0.2) is 36.7 Å². The molecule has 0 spiro atoms. The molecule has 0 saturated heterocycles. The van der Waals surface area contributed by atoms with Crippen LogP contribution < -0.4 is 5.32 Å². The molecule has 2 aromatic rings. The third kappa shape index (κ3) is 4.48. The molecule has 2 nitrogen and oxygen atoms in total. The number of likely N-dealkylation sites (N-methyl/N-ethyl adjacent to an activating group) is 1. The summed E-state index contributed by atoms with van der Waals surface area (Å²) in [5, 5.41) is 3.96. The van der Waals surface area contributed by atoms with Crippen LogP contribution in [0.3, 0.4) is 0 Å². The monoisotopic (exact) mass is 310 g/mol. The first kappa shape index (κ1) is 15.9. The lowest BCUT2D eigenvalue weighted by molar-refractivity contribution is 0.498. The molecule has 1 atom stereocenters. The number of benzene rings is 1. The molecule has 0 saturated carbocycles. The summed E-state index contributed by atoms with van der Waals surface area (Å²) >= 11 is 6.12. The van der Waals surface area contributed by atoms with Crippen molar-refractivity contribution in [3.05, 3.63) is 64.4 Å². The van der Waals surface area contributed by atoms with E-state index >= 15 is 0 Å². The molecular weight excluding hydrogens is 294 g/mol. The molecule has 5 heteroatoms. The zero-order valence-corrected chi connectivity index (χ0v) is 12.5. The number of hydrogen-bond acceptors (Lipinski definition) is 2. The molecule has 0 fully saturated rings. The summed E-state index contributed by atoms with van der Waals surface area (Å²) in [5.74, 6) is -1.64. The molecule has 0 aliphatic heterocycles. The summed E-state index contributed by atoms with van der Waals surface area (Å²) in [5.41, 5.74) is 1.74. The van der Waals surface area contributed by atoms with Crippen molar-refractivity contribution in [1.82, 2.24) is 10.3 Å². The van der Waals surface area contributed by atoms with Gasteiger partial charge in [-0.25, -0.2) is 8.78 Å². The van der Waals surface area contributed by atoms with Gasteiger partial charge in [0, 0.05) is 18.4 Å². The van der Waals surface area contributed by atoms with Crippen LogP contribution in [0.4, 0.5) is 8.78 Å². The van der Waals surface area contributed by atoms with Crippen molar-refractivity contribution in [2.45, 2.75) is 25.8 Å². The lowest BCUT2D eigenvalue weighted by Gasteiger charge is -2.18. The Morgan fingerprint density at radius 2 is 2.00 bits per heavy atom. The Morgan fingerprint density at radius 1 is 1.19 bits per heavy atom. The Kier molecular flexibility index (Phi) is 5.65. The Bertz CT molecular complexity index is 605. The molecule has 1 N–H and O–H groups in total. The molecule has 1 heterocycles. The Hall–Kier alpha value is -1.52. The van der Waals surface area contributed by atoms with E-state index in [-0.39, 0.29) is 6.04 Å². The average molecular weight is 311 g/mol. The lowest BCUT2D eigenvalue weighted by atomic mass is 9.99. The predicted octanol–water partition coefficient (Wildman–Crippen LogP) is 3.78. The molecular formula is C16H17ClF2N2. The first-order valence-electron chi connectivity index (χ1n) is 6.86. The van der Waals surface area contributed by atoms with Crippen LogP contribution in [0, 0.1) is 11.6 Å². The van der Waals surface area contributed by atoms with E-state index in [2.05, 4.69) is 10.3 Å². The summed E-state index contributed by atoms with van der Waals surface area (Å²) in [6, 6.07) is 5.98.